The highest BCUT2D eigenvalue weighted by Crippen LogP contribution is 2.16. The Morgan fingerprint density at radius 2 is 2.14 bits per heavy atom. The first-order valence-corrected chi connectivity index (χ1v) is 7.66. The smallest absolute Gasteiger partial charge is 0.260 e. The molecule has 0 spiro atoms. The SMILES string of the molecule is CC(Oc1ccccc1F)C(=O)NCCCN1CCOCC1. The van der Waals surface area contributed by atoms with Crippen LogP contribution in [-0.2, 0) is 9.53 Å². The molecular weight excluding hydrogens is 287 g/mol. The van der Waals surface area contributed by atoms with Crippen LogP contribution in [0.3, 0.4) is 0 Å². The number of nitrogens with one attached hydrogen (secondary N) is 1. The Kier molecular flexibility index (Phi) is 6.61. The van der Waals surface area contributed by atoms with E-state index in [4.69, 9.17) is 9.47 Å². The first kappa shape index (κ1) is 16.7. The van der Waals surface area contributed by atoms with Gasteiger partial charge in [0.15, 0.2) is 17.7 Å². The van der Waals surface area contributed by atoms with Gasteiger partial charge in [-0.3, -0.25) is 9.69 Å². The van der Waals surface area contributed by atoms with Gasteiger partial charge in [0.05, 0.1) is 13.2 Å². The fourth-order valence-corrected chi connectivity index (χ4v) is 2.27. The van der Waals surface area contributed by atoms with Crippen molar-refractivity contribution in [1.82, 2.24) is 10.2 Å². The molecule has 1 heterocycles. The molecule has 0 bridgehead atoms. The molecule has 0 aliphatic carbocycles. The van der Waals surface area contributed by atoms with Gasteiger partial charge in [-0.05, 0) is 32.0 Å². The van der Waals surface area contributed by atoms with Gasteiger partial charge in [0.25, 0.3) is 5.91 Å². The molecule has 122 valence electrons. The number of halogens is 1. The average molecular weight is 310 g/mol. The van der Waals surface area contributed by atoms with E-state index in [1.165, 1.54) is 12.1 Å². The number of amides is 1. The molecule has 1 N–H and O–H groups in total. The number of carbonyl (C=O) groups excluding carboxylic acids is 1. The molecule has 1 fully saturated rings. The minimum absolute atomic E-state index is 0.0958. The van der Waals surface area contributed by atoms with E-state index in [-0.39, 0.29) is 11.7 Å². The Morgan fingerprint density at radius 3 is 2.86 bits per heavy atom. The standard InChI is InChI=1S/C16H23FN2O3/c1-13(22-15-6-3-2-5-14(15)17)16(20)18-7-4-8-19-9-11-21-12-10-19/h2-3,5-6,13H,4,7-12H2,1H3,(H,18,20). The highest BCUT2D eigenvalue weighted by molar-refractivity contribution is 5.80. The van der Waals surface area contributed by atoms with Crippen LogP contribution in [0, 0.1) is 5.82 Å². The molecule has 22 heavy (non-hydrogen) atoms. The number of para-hydroxylation sites is 1. The maximum Gasteiger partial charge on any atom is 0.260 e. The van der Waals surface area contributed by atoms with Crippen molar-refractivity contribution < 1.29 is 18.7 Å². The van der Waals surface area contributed by atoms with E-state index in [0.29, 0.717) is 6.54 Å². The lowest BCUT2D eigenvalue weighted by molar-refractivity contribution is -0.127. The summed E-state index contributed by atoms with van der Waals surface area (Å²) in [5.74, 6) is -0.599. The van der Waals surface area contributed by atoms with Crippen LogP contribution in [0.2, 0.25) is 0 Å². The molecule has 1 atom stereocenters. The summed E-state index contributed by atoms with van der Waals surface area (Å²) in [6.45, 7) is 6.58. The van der Waals surface area contributed by atoms with Crippen LogP contribution < -0.4 is 10.1 Å². The zero-order chi connectivity index (χ0) is 15.8. The molecule has 1 saturated heterocycles. The fourth-order valence-electron chi connectivity index (χ4n) is 2.27. The molecule has 1 unspecified atom stereocenters. The van der Waals surface area contributed by atoms with E-state index in [0.717, 1.165) is 39.3 Å². The van der Waals surface area contributed by atoms with E-state index >= 15 is 0 Å². The summed E-state index contributed by atoms with van der Waals surface area (Å²) in [5.41, 5.74) is 0. The number of rotatable bonds is 7. The van der Waals surface area contributed by atoms with E-state index in [2.05, 4.69) is 10.2 Å². The molecule has 1 aliphatic heterocycles. The van der Waals surface area contributed by atoms with Crippen LogP contribution in [0.4, 0.5) is 4.39 Å². The summed E-state index contributed by atoms with van der Waals surface area (Å²) in [6.07, 6.45) is 0.151. The molecule has 2 rings (SSSR count). The highest BCUT2D eigenvalue weighted by Gasteiger charge is 2.16. The summed E-state index contributed by atoms with van der Waals surface area (Å²) in [6, 6.07) is 6.07. The quantitative estimate of drug-likeness (QED) is 0.774. The molecule has 5 nitrogen and oxygen atoms in total. The van der Waals surface area contributed by atoms with Gasteiger partial charge in [0.1, 0.15) is 0 Å². The number of hydrogen-bond donors (Lipinski definition) is 1. The lowest BCUT2D eigenvalue weighted by atomic mass is 10.3. The van der Waals surface area contributed by atoms with E-state index in [9.17, 15) is 9.18 Å². The zero-order valence-electron chi connectivity index (χ0n) is 12.9. The van der Waals surface area contributed by atoms with Crippen LogP contribution in [0.1, 0.15) is 13.3 Å². The van der Waals surface area contributed by atoms with Gasteiger partial charge in [0, 0.05) is 19.6 Å². The number of carbonyl (C=O) groups is 1. The topological polar surface area (TPSA) is 50.8 Å². The molecule has 1 aromatic carbocycles. The Balaban J connectivity index is 1.65. The molecule has 1 amide bonds. The lowest BCUT2D eigenvalue weighted by Gasteiger charge is -2.26. The van der Waals surface area contributed by atoms with Crippen molar-refractivity contribution in [3.05, 3.63) is 30.1 Å². The van der Waals surface area contributed by atoms with Gasteiger partial charge in [0.2, 0.25) is 0 Å². The third kappa shape index (κ3) is 5.27. The monoisotopic (exact) mass is 310 g/mol. The van der Waals surface area contributed by atoms with Crippen molar-refractivity contribution in [3.8, 4) is 5.75 Å². The first-order valence-electron chi connectivity index (χ1n) is 7.66. The summed E-state index contributed by atoms with van der Waals surface area (Å²) in [5, 5.41) is 2.82. The van der Waals surface area contributed by atoms with Crippen LogP contribution in [0.15, 0.2) is 24.3 Å². The third-order valence-electron chi connectivity index (χ3n) is 3.56. The molecule has 0 radical (unpaired) electrons. The second kappa shape index (κ2) is 8.70. The van der Waals surface area contributed by atoms with Crippen LogP contribution in [0.25, 0.3) is 0 Å². The predicted molar refractivity (Wildman–Crippen MR) is 81.4 cm³/mol. The highest BCUT2D eigenvalue weighted by atomic mass is 19.1. The number of hydrogen-bond acceptors (Lipinski definition) is 4. The van der Waals surface area contributed by atoms with Crippen molar-refractivity contribution in [2.24, 2.45) is 0 Å². The van der Waals surface area contributed by atoms with Crippen molar-refractivity contribution >= 4 is 5.91 Å². The van der Waals surface area contributed by atoms with Crippen molar-refractivity contribution in [1.29, 1.82) is 0 Å². The fraction of sp³-hybridized carbons (Fsp3) is 0.562. The van der Waals surface area contributed by atoms with Crippen molar-refractivity contribution in [2.75, 3.05) is 39.4 Å². The van der Waals surface area contributed by atoms with E-state index in [1.807, 2.05) is 0 Å². The molecular formula is C16H23FN2O3. The van der Waals surface area contributed by atoms with Crippen molar-refractivity contribution in [3.63, 3.8) is 0 Å². The Hall–Kier alpha value is -1.66. The van der Waals surface area contributed by atoms with Crippen LogP contribution in [-0.4, -0.2) is 56.3 Å². The summed E-state index contributed by atoms with van der Waals surface area (Å²) < 4.78 is 24.1. The first-order chi connectivity index (χ1) is 10.7. The maximum atomic E-state index is 13.5. The number of morpholine rings is 1. The second-order valence-corrected chi connectivity index (χ2v) is 5.29. The van der Waals surface area contributed by atoms with Crippen molar-refractivity contribution in [2.45, 2.75) is 19.4 Å². The molecule has 6 heteroatoms. The summed E-state index contributed by atoms with van der Waals surface area (Å²) in [4.78, 5) is 14.2. The van der Waals surface area contributed by atoms with Gasteiger partial charge < -0.3 is 14.8 Å². The Morgan fingerprint density at radius 1 is 1.41 bits per heavy atom. The minimum atomic E-state index is -0.722. The van der Waals surface area contributed by atoms with Gasteiger partial charge in [-0.1, -0.05) is 12.1 Å². The Bertz CT molecular complexity index is 478. The summed E-state index contributed by atoms with van der Waals surface area (Å²) >= 11 is 0. The van der Waals surface area contributed by atoms with Crippen LogP contribution >= 0.6 is 0 Å². The predicted octanol–water partition coefficient (Wildman–Crippen LogP) is 1.43. The van der Waals surface area contributed by atoms with Gasteiger partial charge in [-0.25, -0.2) is 4.39 Å². The normalized spacial score (nSPS) is 17.0. The minimum Gasteiger partial charge on any atom is -0.478 e. The largest absolute Gasteiger partial charge is 0.478 e. The van der Waals surface area contributed by atoms with E-state index < -0.39 is 11.9 Å². The molecule has 1 aromatic rings. The maximum absolute atomic E-state index is 13.5. The van der Waals surface area contributed by atoms with Crippen LogP contribution in [0.5, 0.6) is 5.75 Å². The molecule has 0 aromatic heterocycles. The van der Waals surface area contributed by atoms with Gasteiger partial charge >= 0.3 is 0 Å². The van der Waals surface area contributed by atoms with Gasteiger partial charge in [-0.15, -0.1) is 0 Å². The molecule has 0 saturated carbocycles. The number of benzene rings is 1. The number of nitrogens with zero attached hydrogens (tertiary/aromatic N) is 1. The zero-order valence-corrected chi connectivity index (χ0v) is 12.9. The third-order valence-corrected chi connectivity index (χ3v) is 3.56. The second-order valence-electron chi connectivity index (χ2n) is 5.29. The van der Waals surface area contributed by atoms with Gasteiger partial charge in [-0.2, -0.15) is 0 Å². The Labute approximate surface area is 130 Å². The lowest BCUT2D eigenvalue weighted by Crippen LogP contribution is -2.40. The number of ether oxygens (including phenoxy) is 2. The average Bonchev–Trinajstić information content (AvgIpc) is 2.54. The molecule has 1 aliphatic rings. The summed E-state index contributed by atoms with van der Waals surface area (Å²) in [7, 11) is 0. The van der Waals surface area contributed by atoms with E-state index in [1.54, 1.807) is 19.1 Å².